The molecule has 1 aliphatic heterocycles. The van der Waals surface area contributed by atoms with Gasteiger partial charge in [-0.15, -0.1) is 0 Å². The average Bonchev–Trinajstić information content (AvgIpc) is 2.91. The van der Waals surface area contributed by atoms with Crippen LogP contribution in [0.3, 0.4) is 0 Å². The van der Waals surface area contributed by atoms with E-state index in [9.17, 15) is 8.42 Å². The minimum absolute atomic E-state index is 0.0472. The van der Waals surface area contributed by atoms with Gasteiger partial charge in [0, 0.05) is 25.2 Å². The van der Waals surface area contributed by atoms with Crippen molar-refractivity contribution in [2.24, 2.45) is 0 Å². The molecular formula is C31H38N2O2S. The zero-order valence-electron chi connectivity index (χ0n) is 21.5. The fourth-order valence-electron chi connectivity index (χ4n) is 6.15. The smallest absolute Gasteiger partial charge is 0.264 e. The third kappa shape index (κ3) is 5.23. The van der Waals surface area contributed by atoms with Gasteiger partial charge >= 0.3 is 0 Å². The highest BCUT2D eigenvalue weighted by molar-refractivity contribution is 7.92. The Kier molecular flexibility index (Phi) is 7.49. The lowest BCUT2D eigenvalue weighted by atomic mass is 9.78. The third-order valence-corrected chi connectivity index (χ3v) is 10.0. The van der Waals surface area contributed by atoms with Crippen molar-refractivity contribution in [3.63, 3.8) is 0 Å². The van der Waals surface area contributed by atoms with Gasteiger partial charge in [-0.25, -0.2) is 8.42 Å². The van der Waals surface area contributed by atoms with Gasteiger partial charge in [0.05, 0.1) is 10.6 Å². The number of likely N-dealkylation sites (tertiary alicyclic amines) is 1. The lowest BCUT2D eigenvalue weighted by Crippen LogP contribution is -2.51. The van der Waals surface area contributed by atoms with E-state index in [1.807, 2.05) is 50.2 Å². The molecule has 2 aliphatic rings. The van der Waals surface area contributed by atoms with E-state index in [1.165, 1.54) is 31.2 Å². The first-order valence-electron chi connectivity index (χ1n) is 13.4. The summed E-state index contributed by atoms with van der Waals surface area (Å²) in [6.45, 7) is 5.89. The highest BCUT2D eigenvalue weighted by Gasteiger charge is 2.38. The molecule has 1 heterocycles. The summed E-state index contributed by atoms with van der Waals surface area (Å²) in [4.78, 5) is 3.02. The van der Waals surface area contributed by atoms with E-state index < -0.39 is 10.0 Å². The maximum Gasteiger partial charge on any atom is 0.264 e. The van der Waals surface area contributed by atoms with Gasteiger partial charge in [-0.05, 0) is 75.3 Å². The molecule has 5 rings (SSSR count). The topological polar surface area (TPSA) is 40.6 Å². The van der Waals surface area contributed by atoms with Crippen molar-refractivity contribution in [2.45, 2.75) is 75.3 Å². The molecule has 4 nitrogen and oxygen atoms in total. The summed E-state index contributed by atoms with van der Waals surface area (Å²) in [6.07, 6.45) is 6.74. The van der Waals surface area contributed by atoms with Crippen LogP contribution in [0, 0.1) is 13.8 Å². The number of anilines is 1. The lowest BCUT2D eigenvalue weighted by Gasteiger charge is -2.45. The van der Waals surface area contributed by atoms with E-state index >= 15 is 0 Å². The Bertz CT molecular complexity index is 1230. The Morgan fingerprint density at radius 2 is 1.31 bits per heavy atom. The van der Waals surface area contributed by atoms with E-state index in [-0.39, 0.29) is 6.04 Å². The van der Waals surface area contributed by atoms with Crippen LogP contribution in [0.15, 0.2) is 83.8 Å². The molecule has 1 saturated heterocycles. The molecule has 0 amide bonds. The van der Waals surface area contributed by atoms with Gasteiger partial charge in [0.15, 0.2) is 0 Å². The van der Waals surface area contributed by atoms with E-state index in [0.29, 0.717) is 16.9 Å². The first-order chi connectivity index (χ1) is 17.4. The van der Waals surface area contributed by atoms with E-state index in [0.717, 1.165) is 42.7 Å². The Morgan fingerprint density at radius 3 is 1.94 bits per heavy atom. The Labute approximate surface area is 217 Å². The molecule has 3 aromatic rings. The number of nitrogens with zero attached hydrogens (tertiary/aromatic N) is 2. The second-order valence-electron chi connectivity index (χ2n) is 10.6. The number of piperidine rings is 1. The summed E-state index contributed by atoms with van der Waals surface area (Å²) < 4.78 is 29.6. The van der Waals surface area contributed by atoms with Crippen molar-refractivity contribution < 1.29 is 8.42 Å². The van der Waals surface area contributed by atoms with Crippen molar-refractivity contribution >= 4 is 15.7 Å². The van der Waals surface area contributed by atoms with Gasteiger partial charge in [0.25, 0.3) is 10.0 Å². The van der Waals surface area contributed by atoms with Crippen LogP contribution < -0.4 is 4.31 Å². The van der Waals surface area contributed by atoms with Gasteiger partial charge in [-0.3, -0.25) is 9.21 Å². The minimum atomic E-state index is -3.66. The van der Waals surface area contributed by atoms with Crippen molar-refractivity contribution in [2.75, 3.05) is 17.4 Å². The molecular weight excluding hydrogens is 464 g/mol. The SMILES string of the molecule is Cc1ccc(N(C2CCN(C3CCCCC3c3ccccc3)CC2)S(=O)(=O)c2ccc(C)cc2)cc1. The molecule has 190 valence electrons. The summed E-state index contributed by atoms with van der Waals surface area (Å²) in [5, 5.41) is 0. The second-order valence-corrected chi connectivity index (χ2v) is 12.4. The zero-order chi connectivity index (χ0) is 25.1. The molecule has 2 unspecified atom stereocenters. The van der Waals surface area contributed by atoms with Gasteiger partial charge in [-0.1, -0.05) is 78.6 Å². The molecule has 2 atom stereocenters. The number of rotatable bonds is 6. The molecule has 0 bridgehead atoms. The quantitative estimate of drug-likeness (QED) is 0.377. The van der Waals surface area contributed by atoms with Crippen molar-refractivity contribution in [3.8, 4) is 0 Å². The van der Waals surface area contributed by atoms with Crippen LogP contribution in [-0.2, 0) is 10.0 Å². The Morgan fingerprint density at radius 1 is 0.722 bits per heavy atom. The highest BCUT2D eigenvalue weighted by Crippen LogP contribution is 2.38. The molecule has 3 aromatic carbocycles. The lowest BCUT2D eigenvalue weighted by molar-refractivity contribution is 0.107. The van der Waals surface area contributed by atoms with Crippen LogP contribution >= 0.6 is 0 Å². The van der Waals surface area contributed by atoms with Crippen LogP contribution in [0.2, 0.25) is 0 Å². The predicted molar refractivity (Wildman–Crippen MR) is 148 cm³/mol. The van der Waals surface area contributed by atoms with Crippen LogP contribution in [0.4, 0.5) is 5.69 Å². The van der Waals surface area contributed by atoms with Crippen molar-refractivity contribution in [1.82, 2.24) is 4.90 Å². The number of aryl methyl sites for hydroxylation is 2. The number of hydrogen-bond acceptors (Lipinski definition) is 3. The Balaban J connectivity index is 1.39. The summed E-state index contributed by atoms with van der Waals surface area (Å²) in [5.41, 5.74) is 4.40. The summed E-state index contributed by atoms with van der Waals surface area (Å²) in [6, 6.07) is 26.7. The zero-order valence-corrected chi connectivity index (χ0v) is 22.3. The first-order valence-corrected chi connectivity index (χ1v) is 14.8. The molecule has 0 radical (unpaired) electrons. The molecule has 0 aromatic heterocycles. The predicted octanol–water partition coefficient (Wildman–Crippen LogP) is 6.69. The van der Waals surface area contributed by atoms with Crippen LogP contribution in [0.5, 0.6) is 0 Å². The summed E-state index contributed by atoms with van der Waals surface area (Å²) in [7, 11) is -3.66. The maximum absolute atomic E-state index is 14.0. The van der Waals surface area contributed by atoms with Gasteiger partial charge < -0.3 is 0 Å². The van der Waals surface area contributed by atoms with Gasteiger partial charge in [0.2, 0.25) is 0 Å². The highest BCUT2D eigenvalue weighted by atomic mass is 32.2. The largest absolute Gasteiger partial charge is 0.300 e. The number of hydrogen-bond donors (Lipinski definition) is 0. The normalized spacial score (nSPS) is 21.8. The fraction of sp³-hybridized carbons (Fsp3) is 0.419. The van der Waals surface area contributed by atoms with Gasteiger partial charge in [0.1, 0.15) is 0 Å². The van der Waals surface area contributed by atoms with Gasteiger partial charge in [-0.2, -0.15) is 0 Å². The molecule has 2 fully saturated rings. The molecule has 5 heteroatoms. The molecule has 1 aliphatic carbocycles. The minimum Gasteiger partial charge on any atom is -0.300 e. The fourth-order valence-corrected chi connectivity index (χ4v) is 7.86. The van der Waals surface area contributed by atoms with E-state index in [1.54, 1.807) is 16.4 Å². The van der Waals surface area contributed by atoms with Crippen LogP contribution in [-0.4, -0.2) is 38.5 Å². The number of benzene rings is 3. The van der Waals surface area contributed by atoms with E-state index in [4.69, 9.17) is 0 Å². The second kappa shape index (κ2) is 10.8. The van der Waals surface area contributed by atoms with Crippen molar-refractivity contribution in [1.29, 1.82) is 0 Å². The first kappa shape index (κ1) is 25.0. The molecule has 0 spiro atoms. The number of sulfonamides is 1. The van der Waals surface area contributed by atoms with Crippen molar-refractivity contribution in [3.05, 3.63) is 95.6 Å². The molecule has 36 heavy (non-hydrogen) atoms. The Hall–Kier alpha value is -2.63. The summed E-state index contributed by atoms with van der Waals surface area (Å²) in [5.74, 6) is 0.570. The molecule has 1 saturated carbocycles. The maximum atomic E-state index is 14.0. The standard InChI is InChI=1S/C31H38N2O2S/c1-24-12-16-27(17-13-24)33(36(34,35)29-18-14-25(2)15-19-29)28-20-22-32(23-21-28)31-11-7-6-10-30(31)26-8-4-3-5-9-26/h3-5,8-9,12-19,28,30-31H,6-7,10-11,20-23H2,1-2H3. The van der Waals surface area contributed by atoms with E-state index in [2.05, 4.69) is 35.2 Å². The third-order valence-electron chi connectivity index (χ3n) is 8.12. The van der Waals surface area contributed by atoms with Crippen LogP contribution in [0.1, 0.15) is 61.1 Å². The average molecular weight is 503 g/mol. The summed E-state index contributed by atoms with van der Waals surface area (Å²) >= 11 is 0. The van der Waals surface area contributed by atoms with Crippen LogP contribution in [0.25, 0.3) is 0 Å². The monoisotopic (exact) mass is 502 g/mol. The molecule has 0 N–H and O–H groups in total.